The number of carbonyl (C=O) groups is 1. The van der Waals surface area contributed by atoms with Crippen LogP contribution in [0.5, 0.6) is 5.75 Å². The van der Waals surface area contributed by atoms with E-state index < -0.39 is 6.10 Å². The van der Waals surface area contributed by atoms with Gasteiger partial charge in [-0.2, -0.15) is 5.26 Å². The monoisotopic (exact) mass is 405 g/mol. The second kappa shape index (κ2) is 9.21. The number of nitrogens with zero attached hydrogens (tertiary/aromatic N) is 2. The van der Waals surface area contributed by atoms with E-state index >= 15 is 0 Å². The summed E-state index contributed by atoms with van der Waals surface area (Å²) in [6, 6.07) is 17.9. The molecule has 158 valence electrons. The molecular formula is C25H31N3O2. The SMILES string of the molecule is CC(Oc1cccc(C(C)(C)C)c1)C(=O)NC1CCN(c2ccc(C#N)cc2)CC1. The fourth-order valence-corrected chi connectivity index (χ4v) is 3.64. The summed E-state index contributed by atoms with van der Waals surface area (Å²) in [6.45, 7) is 10.0. The molecule has 1 N–H and O–H groups in total. The highest BCUT2D eigenvalue weighted by atomic mass is 16.5. The minimum atomic E-state index is -0.545. The highest BCUT2D eigenvalue weighted by Gasteiger charge is 2.24. The first-order valence-electron chi connectivity index (χ1n) is 10.6. The van der Waals surface area contributed by atoms with Crippen molar-refractivity contribution in [3.05, 3.63) is 59.7 Å². The third kappa shape index (κ3) is 5.54. The number of rotatable bonds is 5. The van der Waals surface area contributed by atoms with Crippen LogP contribution in [0, 0.1) is 11.3 Å². The molecule has 2 aromatic carbocycles. The van der Waals surface area contributed by atoms with Crippen molar-refractivity contribution in [2.45, 2.75) is 58.1 Å². The van der Waals surface area contributed by atoms with Gasteiger partial charge in [-0.3, -0.25) is 4.79 Å². The Bertz CT molecular complexity index is 901. The first-order chi connectivity index (χ1) is 14.3. The maximum Gasteiger partial charge on any atom is 0.260 e. The summed E-state index contributed by atoms with van der Waals surface area (Å²) >= 11 is 0. The molecule has 1 fully saturated rings. The summed E-state index contributed by atoms with van der Waals surface area (Å²) in [5, 5.41) is 12.1. The average Bonchev–Trinajstić information content (AvgIpc) is 2.74. The van der Waals surface area contributed by atoms with Crippen molar-refractivity contribution >= 4 is 11.6 Å². The van der Waals surface area contributed by atoms with E-state index in [9.17, 15) is 4.79 Å². The Morgan fingerprint density at radius 3 is 2.43 bits per heavy atom. The van der Waals surface area contributed by atoms with Crippen molar-refractivity contribution in [2.75, 3.05) is 18.0 Å². The van der Waals surface area contributed by atoms with E-state index in [1.807, 2.05) is 42.5 Å². The van der Waals surface area contributed by atoms with Crippen molar-refractivity contribution in [1.29, 1.82) is 5.26 Å². The fourth-order valence-electron chi connectivity index (χ4n) is 3.64. The van der Waals surface area contributed by atoms with Crippen LogP contribution in [0.2, 0.25) is 0 Å². The van der Waals surface area contributed by atoms with Gasteiger partial charge < -0.3 is 15.0 Å². The molecule has 5 nitrogen and oxygen atoms in total. The van der Waals surface area contributed by atoms with Crippen LogP contribution in [-0.2, 0) is 10.2 Å². The van der Waals surface area contributed by atoms with Gasteiger partial charge in [0.25, 0.3) is 5.91 Å². The Kier molecular flexibility index (Phi) is 6.66. The number of ether oxygens (including phenoxy) is 1. The minimum absolute atomic E-state index is 0.0355. The van der Waals surface area contributed by atoms with Crippen molar-refractivity contribution in [2.24, 2.45) is 0 Å². The van der Waals surface area contributed by atoms with Crippen LogP contribution in [0.15, 0.2) is 48.5 Å². The van der Waals surface area contributed by atoms with Crippen LogP contribution in [0.4, 0.5) is 5.69 Å². The maximum absolute atomic E-state index is 12.6. The predicted octanol–water partition coefficient (Wildman–Crippen LogP) is 4.41. The summed E-state index contributed by atoms with van der Waals surface area (Å²) in [7, 11) is 0. The molecule has 1 aliphatic heterocycles. The Hall–Kier alpha value is -3.00. The number of hydrogen-bond donors (Lipinski definition) is 1. The van der Waals surface area contributed by atoms with Crippen molar-refractivity contribution in [3.63, 3.8) is 0 Å². The van der Waals surface area contributed by atoms with Gasteiger partial charge >= 0.3 is 0 Å². The number of benzene rings is 2. The zero-order chi connectivity index (χ0) is 21.7. The van der Waals surface area contributed by atoms with E-state index in [1.165, 1.54) is 5.56 Å². The van der Waals surface area contributed by atoms with Gasteiger partial charge in [0, 0.05) is 24.8 Å². The second-order valence-electron chi connectivity index (χ2n) is 8.97. The van der Waals surface area contributed by atoms with Gasteiger partial charge in [-0.15, -0.1) is 0 Å². The molecule has 0 radical (unpaired) electrons. The molecule has 3 rings (SSSR count). The largest absolute Gasteiger partial charge is 0.481 e. The molecule has 1 saturated heterocycles. The Labute approximate surface area is 179 Å². The molecule has 5 heteroatoms. The van der Waals surface area contributed by atoms with Gasteiger partial charge in [-0.25, -0.2) is 0 Å². The van der Waals surface area contributed by atoms with E-state index in [0.29, 0.717) is 5.56 Å². The van der Waals surface area contributed by atoms with Crippen molar-refractivity contribution in [1.82, 2.24) is 5.32 Å². The Morgan fingerprint density at radius 1 is 1.17 bits per heavy atom. The zero-order valence-electron chi connectivity index (χ0n) is 18.3. The van der Waals surface area contributed by atoms with E-state index in [1.54, 1.807) is 6.92 Å². The van der Waals surface area contributed by atoms with Crippen LogP contribution in [0.1, 0.15) is 51.7 Å². The first kappa shape index (κ1) is 21.7. The van der Waals surface area contributed by atoms with Gasteiger partial charge in [-0.05, 0) is 67.1 Å². The standard InChI is InChI=1S/C25H31N3O2/c1-18(30-23-7-5-6-20(16-23)25(2,3)4)24(29)27-21-12-14-28(15-13-21)22-10-8-19(17-26)9-11-22/h5-11,16,18,21H,12-15H2,1-4H3,(H,27,29). The van der Waals surface area contributed by atoms with E-state index in [-0.39, 0.29) is 17.4 Å². The smallest absolute Gasteiger partial charge is 0.260 e. The molecule has 2 aromatic rings. The lowest BCUT2D eigenvalue weighted by Gasteiger charge is -2.34. The lowest BCUT2D eigenvalue weighted by atomic mass is 9.87. The minimum Gasteiger partial charge on any atom is -0.481 e. The lowest BCUT2D eigenvalue weighted by Crippen LogP contribution is -2.48. The van der Waals surface area contributed by atoms with Crippen LogP contribution in [0.3, 0.4) is 0 Å². The molecular weight excluding hydrogens is 374 g/mol. The molecule has 0 aliphatic carbocycles. The molecule has 0 bridgehead atoms. The van der Waals surface area contributed by atoms with E-state index in [0.717, 1.165) is 37.4 Å². The molecule has 0 aromatic heterocycles. The maximum atomic E-state index is 12.6. The number of anilines is 1. The summed E-state index contributed by atoms with van der Waals surface area (Å²) < 4.78 is 5.92. The third-order valence-corrected chi connectivity index (χ3v) is 5.59. The summed E-state index contributed by atoms with van der Waals surface area (Å²) in [5.41, 5.74) is 3.01. The number of carbonyl (C=O) groups excluding carboxylic acids is 1. The van der Waals surface area contributed by atoms with Gasteiger partial charge in [0.05, 0.1) is 11.6 Å². The van der Waals surface area contributed by atoms with E-state index in [2.05, 4.69) is 43.1 Å². The fraction of sp³-hybridized carbons (Fsp3) is 0.440. The number of hydrogen-bond acceptors (Lipinski definition) is 4. The summed E-state index contributed by atoms with van der Waals surface area (Å²) in [4.78, 5) is 14.9. The number of nitrogens with one attached hydrogen (secondary N) is 1. The van der Waals surface area contributed by atoms with Crippen LogP contribution >= 0.6 is 0 Å². The van der Waals surface area contributed by atoms with Gasteiger partial charge in [0.2, 0.25) is 0 Å². The van der Waals surface area contributed by atoms with Gasteiger partial charge in [0.1, 0.15) is 5.75 Å². The highest BCUT2D eigenvalue weighted by molar-refractivity contribution is 5.81. The Balaban J connectivity index is 1.50. The number of piperidine rings is 1. The summed E-state index contributed by atoms with van der Waals surface area (Å²) in [5.74, 6) is 0.647. The van der Waals surface area contributed by atoms with Crippen LogP contribution in [0.25, 0.3) is 0 Å². The average molecular weight is 406 g/mol. The molecule has 1 unspecified atom stereocenters. The predicted molar refractivity (Wildman–Crippen MR) is 120 cm³/mol. The number of amides is 1. The molecule has 1 atom stereocenters. The van der Waals surface area contributed by atoms with Crippen molar-refractivity contribution < 1.29 is 9.53 Å². The lowest BCUT2D eigenvalue weighted by molar-refractivity contribution is -0.128. The van der Waals surface area contributed by atoms with Gasteiger partial charge in [0.15, 0.2) is 6.10 Å². The molecule has 1 heterocycles. The topological polar surface area (TPSA) is 65.4 Å². The molecule has 1 amide bonds. The quantitative estimate of drug-likeness (QED) is 0.800. The van der Waals surface area contributed by atoms with Gasteiger partial charge in [-0.1, -0.05) is 32.9 Å². The summed E-state index contributed by atoms with van der Waals surface area (Å²) in [6.07, 6.45) is 1.23. The molecule has 1 aliphatic rings. The molecule has 30 heavy (non-hydrogen) atoms. The van der Waals surface area contributed by atoms with Crippen LogP contribution in [-0.4, -0.2) is 31.1 Å². The zero-order valence-corrected chi connectivity index (χ0v) is 18.3. The third-order valence-electron chi connectivity index (χ3n) is 5.59. The molecule has 0 spiro atoms. The second-order valence-corrected chi connectivity index (χ2v) is 8.97. The Morgan fingerprint density at radius 2 is 1.83 bits per heavy atom. The number of nitriles is 1. The highest BCUT2D eigenvalue weighted by Crippen LogP contribution is 2.26. The first-order valence-corrected chi connectivity index (χ1v) is 10.6. The normalized spacial score (nSPS) is 15.9. The van der Waals surface area contributed by atoms with Crippen LogP contribution < -0.4 is 15.0 Å². The van der Waals surface area contributed by atoms with Crippen molar-refractivity contribution in [3.8, 4) is 11.8 Å². The molecule has 0 saturated carbocycles. The van der Waals surface area contributed by atoms with E-state index in [4.69, 9.17) is 10.00 Å².